The number of carboxylic acid groups (broad SMARTS) is 1. The topological polar surface area (TPSA) is 77.8 Å². The van der Waals surface area contributed by atoms with Gasteiger partial charge < -0.3 is 15.3 Å². The van der Waals surface area contributed by atoms with Gasteiger partial charge in [0.05, 0.1) is 12.2 Å². The van der Waals surface area contributed by atoms with Crippen LogP contribution in [0.1, 0.15) is 71.1 Å². The highest BCUT2D eigenvalue weighted by molar-refractivity contribution is 5.66. The average molecular weight is 338 g/mol. The van der Waals surface area contributed by atoms with Crippen molar-refractivity contribution in [3.63, 3.8) is 0 Å². The van der Waals surface area contributed by atoms with Gasteiger partial charge in [-0.25, -0.2) is 0 Å². The highest BCUT2D eigenvalue weighted by atomic mass is 16.4. The minimum Gasteiger partial charge on any atom is -0.481 e. The van der Waals surface area contributed by atoms with Gasteiger partial charge in [0.2, 0.25) is 0 Å². The molecule has 0 saturated heterocycles. The fourth-order valence-electron chi connectivity index (χ4n) is 3.39. The van der Waals surface area contributed by atoms with Gasteiger partial charge in [0, 0.05) is 18.8 Å². The second-order valence-electron chi connectivity index (χ2n) is 6.88. The number of aliphatic hydroxyl groups excluding tert-OH is 2. The second-order valence-corrected chi connectivity index (χ2v) is 6.88. The van der Waals surface area contributed by atoms with Crippen LogP contribution in [0.4, 0.5) is 0 Å². The molecule has 4 nitrogen and oxygen atoms in total. The van der Waals surface area contributed by atoms with Gasteiger partial charge in [-0.05, 0) is 38.0 Å². The van der Waals surface area contributed by atoms with Crippen molar-refractivity contribution in [3.8, 4) is 0 Å². The van der Waals surface area contributed by atoms with Crippen molar-refractivity contribution in [2.75, 3.05) is 0 Å². The molecule has 4 heteroatoms. The molecule has 0 amide bonds. The molecule has 0 spiro atoms. The van der Waals surface area contributed by atoms with Gasteiger partial charge in [-0.15, -0.1) is 0 Å². The van der Waals surface area contributed by atoms with Gasteiger partial charge in [-0.2, -0.15) is 0 Å². The molecule has 24 heavy (non-hydrogen) atoms. The van der Waals surface area contributed by atoms with Crippen molar-refractivity contribution in [2.24, 2.45) is 11.8 Å². The van der Waals surface area contributed by atoms with Crippen LogP contribution in [0, 0.1) is 11.8 Å². The fraction of sp³-hybridized carbons (Fsp3) is 0.750. The zero-order valence-corrected chi connectivity index (χ0v) is 14.9. The zero-order valence-electron chi connectivity index (χ0n) is 14.9. The molecule has 1 aliphatic carbocycles. The Morgan fingerprint density at radius 1 is 1.00 bits per heavy atom. The third-order valence-electron chi connectivity index (χ3n) is 4.83. The number of aliphatic hydroxyl groups is 2. The number of carbonyl (C=O) groups is 1. The smallest absolute Gasteiger partial charge is 0.303 e. The molecule has 1 saturated carbocycles. The lowest BCUT2D eigenvalue weighted by molar-refractivity contribution is -0.137. The van der Waals surface area contributed by atoms with Crippen LogP contribution in [0.5, 0.6) is 0 Å². The molecule has 0 aromatic heterocycles. The molecule has 0 aromatic rings. The summed E-state index contributed by atoms with van der Waals surface area (Å²) in [7, 11) is 0. The molecule has 0 radical (unpaired) electrons. The largest absolute Gasteiger partial charge is 0.481 e. The van der Waals surface area contributed by atoms with E-state index >= 15 is 0 Å². The molecular formula is C20H34O4. The molecule has 138 valence electrons. The maximum absolute atomic E-state index is 10.5. The van der Waals surface area contributed by atoms with Crippen LogP contribution in [-0.4, -0.2) is 33.5 Å². The van der Waals surface area contributed by atoms with E-state index in [2.05, 4.69) is 19.1 Å². The number of unbranched alkanes of at least 4 members (excludes halogenated alkanes) is 5. The van der Waals surface area contributed by atoms with Gasteiger partial charge in [0.1, 0.15) is 0 Å². The first-order valence-electron chi connectivity index (χ1n) is 9.45. The van der Waals surface area contributed by atoms with E-state index in [4.69, 9.17) is 5.11 Å². The van der Waals surface area contributed by atoms with E-state index < -0.39 is 18.2 Å². The minimum atomic E-state index is -0.762. The SMILES string of the molecule is CCCCCC/C=C/[C@@H]1[C@@H](C/C=C\CCCC(=O)O)[C@@H](O)C[C@H]1O. The summed E-state index contributed by atoms with van der Waals surface area (Å²) in [5.74, 6) is -0.681. The predicted molar refractivity (Wildman–Crippen MR) is 96.8 cm³/mol. The van der Waals surface area contributed by atoms with E-state index in [9.17, 15) is 15.0 Å². The number of hydrogen-bond donors (Lipinski definition) is 3. The van der Waals surface area contributed by atoms with Crippen LogP contribution in [0.15, 0.2) is 24.3 Å². The highest BCUT2D eigenvalue weighted by Gasteiger charge is 2.39. The molecule has 0 aliphatic heterocycles. The summed E-state index contributed by atoms with van der Waals surface area (Å²) in [4.78, 5) is 10.5. The summed E-state index contributed by atoms with van der Waals surface area (Å²) in [5, 5.41) is 28.9. The predicted octanol–water partition coefficient (Wildman–Crippen LogP) is 4.07. The molecule has 1 aliphatic rings. The summed E-state index contributed by atoms with van der Waals surface area (Å²) in [6.45, 7) is 2.20. The first-order valence-corrected chi connectivity index (χ1v) is 9.45. The van der Waals surface area contributed by atoms with E-state index in [0.29, 0.717) is 12.8 Å². The van der Waals surface area contributed by atoms with Gasteiger partial charge in [-0.3, -0.25) is 4.79 Å². The van der Waals surface area contributed by atoms with E-state index in [-0.39, 0.29) is 18.3 Å². The van der Waals surface area contributed by atoms with E-state index in [0.717, 1.165) is 19.3 Å². The molecule has 1 rings (SSSR count). The Balaban J connectivity index is 2.37. The zero-order chi connectivity index (χ0) is 17.8. The Labute approximate surface area is 146 Å². The standard InChI is InChI=1S/C20H34O4/c1-2-3-4-5-6-9-12-16-17(19(22)15-18(16)21)13-10-7-8-11-14-20(23)24/h7,9-10,12,16-19,21-22H,2-6,8,11,13-15H2,1H3,(H,23,24)/b10-7-,12-9+/t16-,17-,18-,19+/m1/s1. The Morgan fingerprint density at radius 3 is 2.46 bits per heavy atom. The lowest BCUT2D eigenvalue weighted by Crippen LogP contribution is -2.19. The van der Waals surface area contributed by atoms with Crippen molar-refractivity contribution in [3.05, 3.63) is 24.3 Å². The minimum absolute atomic E-state index is 0.0230. The lowest BCUT2D eigenvalue weighted by Gasteiger charge is -2.19. The van der Waals surface area contributed by atoms with Gasteiger partial charge in [0.15, 0.2) is 0 Å². The average Bonchev–Trinajstić information content (AvgIpc) is 2.80. The fourth-order valence-corrected chi connectivity index (χ4v) is 3.39. The van der Waals surface area contributed by atoms with E-state index in [1.807, 2.05) is 12.2 Å². The number of carboxylic acids is 1. The normalized spacial score (nSPS) is 27.5. The Hall–Kier alpha value is -1.13. The van der Waals surface area contributed by atoms with Crippen LogP contribution in [0.2, 0.25) is 0 Å². The van der Waals surface area contributed by atoms with Crippen molar-refractivity contribution >= 4 is 5.97 Å². The lowest BCUT2D eigenvalue weighted by atomic mass is 9.89. The monoisotopic (exact) mass is 338 g/mol. The summed E-state index contributed by atoms with van der Waals surface area (Å²) in [6, 6.07) is 0. The summed E-state index contributed by atoms with van der Waals surface area (Å²) in [5.41, 5.74) is 0. The van der Waals surface area contributed by atoms with Crippen molar-refractivity contribution in [1.29, 1.82) is 0 Å². The third-order valence-corrected chi connectivity index (χ3v) is 4.83. The quantitative estimate of drug-likeness (QED) is 0.370. The van der Waals surface area contributed by atoms with Crippen LogP contribution in [0.3, 0.4) is 0 Å². The van der Waals surface area contributed by atoms with Gasteiger partial charge in [-0.1, -0.05) is 50.5 Å². The van der Waals surface area contributed by atoms with Crippen LogP contribution in [0.25, 0.3) is 0 Å². The van der Waals surface area contributed by atoms with Crippen molar-refractivity contribution < 1.29 is 20.1 Å². The van der Waals surface area contributed by atoms with E-state index in [1.165, 1.54) is 25.7 Å². The molecule has 3 N–H and O–H groups in total. The van der Waals surface area contributed by atoms with Gasteiger partial charge >= 0.3 is 5.97 Å². The third kappa shape index (κ3) is 8.11. The maximum Gasteiger partial charge on any atom is 0.303 e. The highest BCUT2D eigenvalue weighted by Crippen LogP contribution is 2.36. The van der Waals surface area contributed by atoms with E-state index in [1.54, 1.807) is 0 Å². The first kappa shape index (κ1) is 20.9. The molecule has 4 atom stereocenters. The summed E-state index contributed by atoms with van der Waals surface area (Å²) in [6.07, 6.45) is 16.1. The number of allylic oxidation sites excluding steroid dienone is 3. The Morgan fingerprint density at radius 2 is 1.75 bits per heavy atom. The molecule has 0 bridgehead atoms. The maximum atomic E-state index is 10.5. The van der Waals surface area contributed by atoms with Crippen molar-refractivity contribution in [1.82, 2.24) is 0 Å². The number of aliphatic carboxylic acids is 1. The Kier molecular flexibility index (Phi) is 10.7. The summed E-state index contributed by atoms with van der Waals surface area (Å²) >= 11 is 0. The van der Waals surface area contributed by atoms with Crippen LogP contribution >= 0.6 is 0 Å². The van der Waals surface area contributed by atoms with Crippen molar-refractivity contribution in [2.45, 2.75) is 83.3 Å². The molecule has 1 fully saturated rings. The first-order chi connectivity index (χ1) is 11.6. The van der Waals surface area contributed by atoms with Crippen LogP contribution < -0.4 is 0 Å². The molecule has 0 heterocycles. The molecule has 0 unspecified atom stereocenters. The second kappa shape index (κ2) is 12.3. The number of rotatable bonds is 12. The van der Waals surface area contributed by atoms with Gasteiger partial charge in [0.25, 0.3) is 0 Å². The molecule has 0 aromatic carbocycles. The Bertz CT molecular complexity index is 402. The molecular weight excluding hydrogens is 304 g/mol. The summed E-state index contributed by atoms with van der Waals surface area (Å²) < 4.78 is 0. The van der Waals surface area contributed by atoms with Crippen LogP contribution in [-0.2, 0) is 4.79 Å². The number of hydrogen-bond acceptors (Lipinski definition) is 3.